The molecule has 0 spiro atoms. The minimum Gasteiger partial charge on any atom is -0.497 e. The summed E-state index contributed by atoms with van der Waals surface area (Å²) in [6.45, 7) is 6.53. The Balaban J connectivity index is 1.59. The molecule has 1 heterocycles. The molecule has 63 heavy (non-hydrogen) atoms. The first-order valence-electron chi connectivity index (χ1n) is 20.5. The average Bonchev–Trinajstić information content (AvgIpc) is 3.28. The molecule has 4 aromatic carbocycles. The van der Waals surface area contributed by atoms with E-state index in [9.17, 15) is 9.46 Å². The third-order valence-electron chi connectivity index (χ3n) is 10.1. The predicted octanol–water partition coefficient (Wildman–Crippen LogP) is 8.15. The van der Waals surface area contributed by atoms with Crippen LogP contribution in [0.2, 0.25) is 19.6 Å². The largest absolute Gasteiger partial charge is 0.497 e. The lowest BCUT2D eigenvalue weighted by atomic mass is 9.96. The molecule has 1 saturated heterocycles. The van der Waals surface area contributed by atoms with Gasteiger partial charge < -0.3 is 61.7 Å². The van der Waals surface area contributed by atoms with Crippen LogP contribution in [-0.4, -0.2) is 106 Å². The van der Waals surface area contributed by atoms with E-state index >= 15 is 0 Å². The molecule has 1 aliphatic rings. The minimum absolute atomic E-state index is 0.0851. The molecule has 6 atom stereocenters. The van der Waals surface area contributed by atoms with Gasteiger partial charge in [-0.2, -0.15) is 0 Å². The van der Waals surface area contributed by atoms with E-state index in [1.54, 1.807) is 92.2 Å². The van der Waals surface area contributed by atoms with E-state index in [0.717, 1.165) is 16.7 Å². The summed E-state index contributed by atoms with van der Waals surface area (Å²) in [5, 5.41) is 0. The molecule has 0 radical (unpaired) electrons. The number of methoxy groups -OCH3 is 7. The van der Waals surface area contributed by atoms with E-state index in [0.29, 0.717) is 46.0 Å². The van der Waals surface area contributed by atoms with Crippen LogP contribution in [-0.2, 0) is 43.3 Å². The summed E-state index contributed by atoms with van der Waals surface area (Å²) in [7, 11) is 5.49. The molecule has 0 aromatic heterocycles. The summed E-state index contributed by atoms with van der Waals surface area (Å²) in [5.74, 6) is 7.39. The lowest BCUT2D eigenvalue weighted by Gasteiger charge is -2.46. The number of rotatable bonds is 22. The van der Waals surface area contributed by atoms with Gasteiger partial charge in [-0.3, -0.25) is 4.57 Å². The van der Waals surface area contributed by atoms with Crippen LogP contribution < -0.4 is 37.9 Å². The van der Waals surface area contributed by atoms with Crippen LogP contribution >= 0.6 is 7.37 Å². The summed E-state index contributed by atoms with van der Waals surface area (Å²) in [6.07, 6.45) is -4.72. The highest BCUT2D eigenvalue weighted by Gasteiger charge is 2.50. The molecule has 1 aliphatic heterocycles. The minimum atomic E-state index is -3.74. The molecule has 1 N–H and O–H groups in total. The van der Waals surface area contributed by atoms with E-state index in [-0.39, 0.29) is 38.6 Å². The fraction of sp³-hybridized carbons (Fsp3) is 0.447. The molecule has 0 amide bonds. The topological polar surface area (TPSA) is 148 Å². The van der Waals surface area contributed by atoms with Crippen molar-refractivity contribution < 1.29 is 66.3 Å². The Morgan fingerprint density at radius 2 is 1.00 bits per heavy atom. The monoisotopic (exact) mass is 908 g/mol. The third kappa shape index (κ3) is 14.0. The van der Waals surface area contributed by atoms with Crippen molar-refractivity contribution in [3.8, 4) is 57.5 Å². The van der Waals surface area contributed by atoms with Crippen molar-refractivity contribution >= 4 is 15.4 Å². The van der Waals surface area contributed by atoms with Crippen LogP contribution in [0.15, 0.2) is 78.9 Å². The fourth-order valence-electron chi connectivity index (χ4n) is 6.89. The molecule has 4 aromatic rings. The van der Waals surface area contributed by atoms with Gasteiger partial charge in [0.15, 0.2) is 34.5 Å². The molecule has 5 rings (SSSR count). The SMILES string of the molecule is COc1ccc(OC2O[C@H](CCP(=O)(O)CC#C[Si](C)(C)C)[C@@H](OCc3ccc(OC)c(OC)c3)[C@H](OCc3ccc(OC)c(OC)c3)[C@@H]2OCc2ccc(OC)c(OC)c2)cc1. The van der Waals surface area contributed by atoms with E-state index in [4.69, 9.17) is 56.8 Å². The van der Waals surface area contributed by atoms with Gasteiger partial charge in [0, 0.05) is 6.16 Å². The molecule has 342 valence electrons. The Morgan fingerprint density at radius 3 is 1.43 bits per heavy atom. The summed E-state index contributed by atoms with van der Waals surface area (Å²) in [4.78, 5) is 11.3. The van der Waals surface area contributed by atoms with Crippen LogP contribution in [0.1, 0.15) is 23.1 Å². The summed E-state index contributed by atoms with van der Waals surface area (Å²) in [6, 6.07) is 23.6. The molecule has 0 bridgehead atoms. The van der Waals surface area contributed by atoms with Crippen molar-refractivity contribution in [1.82, 2.24) is 0 Å². The average molecular weight is 909 g/mol. The Labute approximate surface area is 372 Å². The lowest BCUT2D eigenvalue weighted by Crippen LogP contribution is -2.61. The smallest absolute Gasteiger partial charge is 0.229 e. The summed E-state index contributed by atoms with van der Waals surface area (Å²) >= 11 is 0. The van der Waals surface area contributed by atoms with Crippen molar-refractivity contribution in [3.63, 3.8) is 0 Å². The zero-order valence-electron chi connectivity index (χ0n) is 37.8. The van der Waals surface area contributed by atoms with Gasteiger partial charge in [-0.15, -0.1) is 11.5 Å². The van der Waals surface area contributed by atoms with Crippen molar-refractivity contribution in [2.24, 2.45) is 0 Å². The molecule has 0 aliphatic carbocycles. The molecule has 1 fully saturated rings. The van der Waals surface area contributed by atoms with E-state index in [1.807, 2.05) is 36.4 Å². The highest BCUT2D eigenvalue weighted by atomic mass is 31.2. The van der Waals surface area contributed by atoms with Crippen LogP contribution in [0.3, 0.4) is 0 Å². The standard InChI is InChI=1S/C47H61O14PSi/c1-50-35-15-17-36(18-16-35)60-47-46(59-31-34-14-21-39(53-4)43(28-34)56-7)45(58-30-33-13-20-38(52-3)42(27-33)55-6)44(57-29-32-12-19-37(51-2)41(26-32)54-5)40(61-47)22-24-62(48,49)23-11-25-63(8,9)10/h12-21,26-28,40,44-47H,22-24,29-31H2,1-10H3,(H,48,49)/t40-,44-,45+,46+,47?/m1/s1. The predicted molar refractivity (Wildman–Crippen MR) is 242 cm³/mol. The van der Waals surface area contributed by atoms with Gasteiger partial charge in [0.2, 0.25) is 13.7 Å². The highest BCUT2D eigenvalue weighted by Crippen LogP contribution is 2.43. The van der Waals surface area contributed by atoms with Gasteiger partial charge in [-0.05, 0) is 83.8 Å². The molecule has 14 nitrogen and oxygen atoms in total. The van der Waals surface area contributed by atoms with Gasteiger partial charge in [0.1, 0.15) is 37.9 Å². The quantitative estimate of drug-likeness (QED) is 0.0460. The van der Waals surface area contributed by atoms with Crippen LogP contribution in [0, 0.1) is 11.5 Å². The third-order valence-corrected chi connectivity index (χ3v) is 12.7. The fourth-order valence-corrected chi connectivity index (χ4v) is 8.80. The first kappa shape index (κ1) is 49.1. The Bertz CT molecular complexity index is 2180. The van der Waals surface area contributed by atoms with E-state index in [1.165, 1.54) is 0 Å². The van der Waals surface area contributed by atoms with Gasteiger partial charge in [-0.1, -0.05) is 37.8 Å². The summed E-state index contributed by atoms with van der Waals surface area (Å²) in [5.41, 5.74) is 5.54. The Hall–Kier alpha value is -4.91. The van der Waals surface area contributed by atoms with Crippen molar-refractivity contribution in [1.29, 1.82) is 0 Å². The van der Waals surface area contributed by atoms with Gasteiger partial charge in [-0.25, -0.2) is 0 Å². The first-order valence-corrected chi connectivity index (χ1v) is 26.0. The van der Waals surface area contributed by atoms with Crippen LogP contribution in [0.5, 0.6) is 46.0 Å². The lowest BCUT2D eigenvalue weighted by molar-refractivity contribution is -0.304. The summed E-state index contributed by atoms with van der Waals surface area (Å²) < 4.78 is 86.4. The first-order chi connectivity index (χ1) is 30.2. The number of ether oxygens (including phenoxy) is 12. The maximum absolute atomic E-state index is 13.7. The number of benzene rings is 4. The van der Waals surface area contributed by atoms with Crippen LogP contribution in [0.25, 0.3) is 0 Å². The molecule has 2 unspecified atom stereocenters. The molecular weight excluding hydrogens is 848 g/mol. The van der Waals surface area contributed by atoms with E-state index < -0.39 is 46.1 Å². The number of hydrogen-bond donors (Lipinski definition) is 1. The Kier molecular flexibility index (Phi) is 18.0. The maximum Gasteiger partial charge on any atom is 0.229 e. The van der Waals surface area contributed by atoms with E-state index in [2.05, 4.69) is 31.1 Å². The Morgan fingerprint density at radius 1 is 0.571 bits per heavy atom. The maximum atomic E-state index is 13.7. The second-order valence-electron chi connectivity index (χ2n) is 15.8. The molecule has 16 heteroatoms. The van der Waals surface area contributed by atoms with Crippen molar-refractivity contribution in [2.75, 3.05) is 62.1 Å². The van der Waals surface area contributed by atoms with Gasteiger partial charge in [0.05, 0.1) is 81.9 Å². The zero-order chi connectivity index (χ0) is 45.6. The normalized spacial score (nSPS) is 19.4. The zero-order valence-corrected chi connectivity index (χ0v) is 39.7. The highest BCUT2D eigenvalue weighted by molar-refractivity contribution is 7.58. The van der Waals surface area contributed by atoms with Crippen molar-refractivity contribution in [2.45, 2.75) is 76.6 Å². The molecule has 0 saturated carbocycles. The number of hydrogen-bond acceptors (Lipinski definition) is 13. The second-order valence-corrected chi connectivity index (χ2v) is 23.0. The van der Waals surface area contributed by atoms with Crippen molar-refractivity contribution in [3.05, 3.63) is 95.6 Å². The van der Waals surface area contributed by atoms with Gasteiger partial charge in [0.25, 0.3) is 0 Å². The van der Waals surface area contributed by atoms with Gasteiger partial charge >= 0.3 is 0 Å². The second kappa shape index (κ2) is 23.1. The molecular formula is C47H61O14PSi. The van der Waals surface area contributed by atoms with Crippen LogP contribution in [0.4, 0.5) is 0 Å².